The zero-order valence-electron chi connectivity index (χ0n) is 11.9. The summed E-state index contributed by atoms with van der Waals surface area (Å²) in [6, 6.07) is 9.13. The van der Waals surface area contributed by atoms with Gasteiger partial charge in [0.05, 0.1) is 0 Å². The molecule has 110 valence electrons. The second-order valence-electron chi connectivity index (χ2n) is 4.98. The summed E-state index contributed by atoms with van der Waals surface area (Å²) >= 11 is 5.84. The Hall–Kier alpha value is -2.14. The van der Waals surface area contributed by atoms with Gasteiger partial charge in [0.2, 0.25) is 11.9 Å². The lowest BCUT2D eigenvalue weighted by atomic mass is 9.97. The molecule has 0 spiro atoms. The minimum absolute atomic E-state index is 0.0749. The monoisotopic (exact) mass is 304 g/mol. The fourth-order valence-corrected chi connectivity index (χ4v) is 2.22. The Morgan fingerprint density at radius 1 is 1.33 bits per heavy atom. The normalized spacial score (nSPS) is 12.0. The molecule has 1 aromatic heterocycles. The molecule has 0 saturated heterocycles. The number of carbonyl (C=O) groups excluding carboxylic acids is 1. The van der Waals surface area contributed by atoms with Gasteiger partial charge in [-0.2, -0.15) is 0 Å². The van der Waals surface area contributed by atoms with Crippen molar-refractivity contribution >= 4 is 29.1 Å². The van der Waals surface area contributed by atoms with Crippen LogP contribution in [0.1, 0.15) is 30.5 Å². The summed E-state index contributed by atoms with van der Waals surface area (Å²) in [4.78, 5) is 20.1. The second-order valence-corrected chi connectivity index (χ2v) is 5.36. The van der Waals surface area contributed by atoms with Crippen molar-refractivity contribution in [3.63, 3.8) is 0 Å². The summed E-state index contributed by atoms with van der Waals surface area (Å²) in [7, 11) is 0. The summed E-state index contributed by atoms with van der Waals surface area (Å²) < 4.78 is 0. The number of anilines is 2. The van der Waals surface area contributed by atoms with Crippen LogP contribution in [-0.2, 0) is 4.79 Å². The predicted octanol–water partition coefficient (Wildman–Crippen LogP) is 3.15. The van der Waals surface area contributed by atoms with E-state index in [1.807, 2.05) is 31.2 Å². The molecule has 6 heteroatoms. The maximum absolute atomic E-state index is 12.0. The Balaban J connectivity index is 1.99. The van der Waals surface area contributed by atoms with Crippen LogP contribution in [0.5, 0.6) is 0 Å². The summed E-state index contributed by atoms with van der Waals surface area (Å²) in [6.07, 6.45) is 0.332. The molecule has 5 nitrogen and oxygen atoms in total. The highest BCUT2D eigenvalue weighted by Crippen LogP contribution is 2.20. The lowest BCUT2D eigenvalue weighted by Gasteiger charge is -2.12. The molecule has 0 radical (unpaired) electrons. The largest absolute Gasteiger partial charge is 0.399 e. The smallest absolute Gasteiger partial charge is 0.231 e. The van der Waals surface area contributed by atoms with E-state index in [1.165, 1.54) is 0 Å². The Morgan fingerprint density at radius 3 is 2.62 bits per heavy atom. The minimum atomic E-state index is -0.152. The van der Waals surface area contributed by atoms with E-state index in [0.29, 0.717) is 23.0 Å². The van der Waals surface area contributed by atoms with Gasteiger partial charge in [-0.3, -0.25) is 10.1 Å². The van der Waals surface area contributed by atoms with Gasteiger partial charge in [0.25, 0.3) is 0 Å². The quantitative estimate of drug-likeness (QED) is 0.671. The van der Waals surface area contributed by atoms with Crippen molar-refractivity contribution in [2.45, 2.75) is 26.2 Å². The average Bonchev–Trinajstić information content (AvgIpc) is 2.37. The Bertz CT molecular complexity index is 622. The van der Waals surface area contributed by atoms with E-state index in [2.05, 4.69) is 15.3 Å². The summed E-state index contributed by atoms with van der Waals surface area (Å²) in [5.74, 6) is 0.154. The van der Waals surface area contributed by atoms with E-state index in [4.69, 9.17) is 17.3 Å². The van der Waals surface area contributed by atoms with Crippen molar-refractivity contribution < 1.29 is 4.79 Å². The number of nitrogens with two attached hydrogens (primary N) is 1. The highest BCUT2D eigenvalue weighted by molar-refractivity contribution is 6.29. The molecule has 1 aromatic carbocycles. The number of hydrogen-bond donors (Lipinski definition) is 2. The maximum Gasteiger partial charge on any atom is 0.231 e. The summed E-state index contributed by atoms with van der Waals surface area (Å²) in [6.45, 7) is 3.77. The Kier molecular flexibility index (Phi) is 4.75. The molecule has 2 rings (SSSR count). The van der Waals surface area contributed by atoms with Crippen molar-refractivity contribution in [1.29, 1.82) is 0 Å². The third-order valence-corrected chi connectivity index (χ3v) is 3.26. The molecule has 0 aliphatic heterocycles. The van der Waals surface area contributed by atoms with E-state index in [1.54, 1.807) is 13.0 Å². The molecule has 0 aliphatic carbocycles. The number of aromatic nitrogens is 2. The third-order valence-electron chi connectivity index (χ3n) is 3.07. The van der Waals surface area contributed by atoms with Crippen LogP contribution in [0.3, 0.4) is 0 Å². The predicted molar refractivity (Wildman–Crippen MR) is 84.3 cm³/mol. The molecule has 1 heterocycles. The number of halogens is 1. The van der Waals surface area contributed by atoms with Gasteiger partial charge >= 0.3 is 0 Å². The second kappa shape index (κ2) is 6.54. The number of nitrogens with zero attached hydrogens (tertiary/aromatic N) is 2. The first-order valence-corrected chi connectivity index (χ1v) is 6.98. The highest BCUT2D eigenvalue weighted by Gasteiger charge is 2.13. The van der Waals surface area contributed by atoms with Crippen molar-refractivity contribution in [2.75, 3.05) is 11.1 Å². The number of hydrogen-bond acceptors (Lipinski definition) is 4. The van der Waals surface area contributed by atoms with Gasteiger partial charge in [0.1, 0.15) is 5.15 Å². The molecule has 1 atom stereocenters. The van der Waals surface area contributed by atoms with Gasteiger partial charge in [-0.25, -0.2) is 9.97 Å². The summed E-state index contributed by atoms with van der Waals surface area (Å²) in [5, 5.41) is 2.97. The van der Waals surface area contributed by atoms with Crippen LogP contribution in [0.25, 0.3) is 0 Å². The highest BCUT2D eigenvalue weighted by atomic mass is 35.5. The first kappa shape index (κ1) is 15.3. The summed E-state index contributed by atoms with van der Waals surface area (Å²) in [5.41, 5.74) is 8.12. The van der Waals surface area contributed by atoms with Crippen molar-refractivity contribution in [3.05, 3.63) is 46.7 Å². The van der Waals surface area contributed by atoms with Crippen LogP contribution in [-0.4, -0.2) is 15.9 Å². The van der Waals surface area contributed by atoms with Gasteiger partial charge in [-0.1, -0.05) is 30.7 Å². The van der Waals surface area contributed by atoms with E-state index in [9.17, 15) is 4.79 Å². The Labute approximate surface area is 128 Å². The molecule has 21 heavy (non-hydrogen) atoms. The number of aryl methyl sites for hydroxylation is 1. The lowest BCUT2D eigenvalue weighted by molar-refractivity contribution is -0.116. The molecule has 0 saturated carbocycles. The van der Waals surface area contributed by atoms with Crippen LogP contribution in [0.4, 0.5) is 11.6 Å². The van der Waals surface area contributed by atoms with E-state index < -0.39 is 0 Å². The molecule has 1 unspecified atom stereocenters. The van der Waals surface area contributed by atoms with Crippen molar-refractivity contribution in [3.8, 4) is 0 Å². The number of amides is 1. The van der Waals surface area contributed by atoms with Crippen LogP contribution in [0, 0.1) is 6.92 Å². The van der Waals surface area contributed by atoms with Crippen molar-refractivity contribution in [1.82, 2.24) is 9.97 Å². The number of nitrogens with one attached hydrogen (secondary N) is 1. The van der Waals surface area contributed by atoms with Gasteiger partial charge in [-0.15, -0.1) is 0 Å². The maximum atomic E-state index is 12.0. The van der Waals surface area contributed by atoms with E-state index in [-0.39, 0.29) is 17.8 Å². The molecule has 2 aromatic rings. The molecule has 1 amide bonds. The van der Waals surface area contributed by atoms with Crippen LogP contribution >= 0.6 is 11.6 Å². The van der Waals surface area contributed by atoms with Gasteiger partial charge in [0, 0.05) is 17.8 Å². The van der Waals surface area contributed by atoms with Gasteiger partial charge in [-0.05, 0) is 36.6 Å². The van der Waals surface area contributed by atoms with Gasteiger partial charge in [0.15, 0.2) is 0 Å². The minimum Gasteiger partial charge on any atom is -0.399 e. The standard InChI is InChI=1S/C15H17ClN4O/c1-9(11-3-5-12(17)6-4-11)7-14(21)20-15-18-10(2)8-13(16)19-15/h3-6,8-9H,7,17H2,1-2H3,(H,18,19,20,21). The third kappa shape index (κ3) is 4.43. The number of carbonyl (C=O) groups is 1. The van der Waals surface area contributed by atoms with Crippen molar-refractivity contribution in [2.24, 2.45) is 0 Å². The van der Waals surface area contributed by atoms with Gasteiger partial charge < -0.3 is 5.73 Å². The zero-order valence-corrected chi connectivity index (χ0v) is 12.7. The van der Waals surface area contributed by atoms with Crippen LogP contribution in [0.15, 0.2) is 30.3 Å². The molecule has 0 fully saturated rings. The zero-order chi connectivity index (χ0) is 15.4. The fourth-order valence-electron chi connectivity index (χ4n) is 1.98. The average molecular weight is 305 g/mol. The molecular formula is C15H17ClN4O. The number of nitrogen functional groups attached to an aromatic ring is 1. The van der Waals surface area contributed by atoms with E-state index in [0.717, 1.165) is 5.56 Å². The molecule has 0 aliphatic rings. The molecule has 3 N–H and O–H groups in total. The first-order valence-electron chi connectivity index (χ1n) is 6.60. The fraction of sp³-hybridized carbons (Fsp3) is 0.267. The molecular weight excluding hydrogens is 288 g/mol. The Morgan fingerprint density at radius 2 is 2.00 bits per heavy atom. The van der Waals surface area contributed by atoms with Crippen LogP contribution < -0.4 is 11.1 Å². The number of benzene rings is 1. The lowest BCUT2D eigenvalue weighted by Crippen LogP contribution is -2.16. The van der Waals surface area contributed by atoms with E-state index >= 15 is 0 Å². The first-order chi connectivity index (χ1) is 9.94. The molecule has 0 bridgehead atoms. The topological polar surface area (TPSA) is 80.9 Å². The SMILES string of the molecule is Cc1cc(Cl)nc(NC(=O)CC(C)c2ccc(N)cc2)n1. The number of rotatable bonds is 4. The van der Waals surface area contributed by atoms with Crippen LogP contribution in [0.2, 0.25) is 5.15 Å².